The standard InChI is InChI=1S/C13H20ClFN2/c1-10(16)3-2-7-17-8-6-11-4-5-13(15)12(14)9-11/h4-5,9-10,17H,2-3,6-8,16H2,1H3. The molecule has 4 heteroatoms. The van der Waals surface area contributed by atoms with Crippen molar-refractivity contribution < 1.29 is 4.39 Å². The van der Waals surface area contributed by atoms with Crippen LogP contribution in [0, 0.1) is 5.82 Å². The minimum atomic E-state index is -0.361. The minimum Gasteiger partial charge on any atom is -0.328 e. The van der Waals surface area contributed by atoms with Crippen LogP contribution in [0.1, 0.15) is 25.3 Å². The van der Waals surface area contributed by atoms with E-state index in [1.807, 2.05) is 6.92 Å². The molecule has 2 nitrogen and oxygen atoms in total. The Morgan fingerprint density at radius 2 is 2.18 bits per heavy atom. The van der Waals surface area contributed by atoms with Gasteiger partial charge in [0.25, 0.3) is 0 Å². The van der Waals surface area contributed by atoms with Crippen LogP contribution in [0.5, 0.6) is 0 Å². The molecule has 1 aromatic rings. The first-order valence-electron chi connectivity index (χ1n) is 6.00. The van der Waals surface area contributed by atoms with Crippen molar-refractivity contribution in [2.45, 2.75) is 32.2 Å². The van der Waals surface area contributed by atoms with E-state index >= 15 is 0 Å². The lowest BCUT2D eigenvalue weighted by Crippen LogP contribution is -2.21. The van der Waals surface area contributed by atoms with Gasteiger partial charge in [-0.15, -0.1) is 0 Å². The van der Waals surface area contributed by atoms with Crippen LogP contribution in [0.4, 0.5) is 4.39 Å². The molecule has 0 aliphatic carbocycles. The summed E-state index contributed by atoms with van der Waals surface area (Å²) in [5, 5.41) is 3.52. The summed E-state index contributed by atoms with van der Waals surface area (Å²) >= 11 is 5.70. The summed E-state index contributed by atoms with van der Waals surface area (Å²) in [5.74, 6) is -0.361. The molecular weight excluding hydrogens is 239 g/mol. The Morgan fingerprint density at radius 1 is 1.41 bits per heavy atom. The number of hydrogen-bond acceptors (Lipinski definition) is 2. The summed E-state index contributed by atoms with van der Waals surface area (Å²) in [6, 6.07) is 5.13. The van der Waals surface area contributed by atoms with Gasteiger partial charge in [0.05, 0.1) is 5.02 Å². The van der Waals surface area contributed by atoms with Crippen LogP contribution in [0.2, 0.25) is 5.02 Å². The highest BCUT2D eigenvalue weighted by Gasteiger charge is 2.00. The summed E-state index contributed by atoms with van der Waals surface area (Å²) in [5.41, 5.74) is 6.70. The third-order valence-electron chi connectivity index (χ3n) is 2.59. The number of rotatable bonds is 7. The van der Waals surface area contributed by atoms with Gasteiger partial charge in [0.1, 0.15) is 5.82 Å². The SMILES string of the molecule is CC(N)CCCNCCc1ccc(F)c(Cl)c1. The highest BCUT2D eigenvalue weighted by Crippen LogP contribution is 2.15. The van der Waals surface area contributed by atoms with Crippen LogP contribution in [-0.4, -0.2) is 19.1 Å². The van der Waals surface area contributed by atoms with Crippen molar-refractivity contribution in [3.63, 3.8) is 0 Å². The monoisotopic (exact) mass is 258 g/mol. The Hall–Kier alpha value is -0.640. The number of hydrogen-bond donors (Lipinski definition) is 2. The van der Waals surface area contributed by atoms with Gasteiger partial charge in [0.15, 0.2) is 0 Å². The molecule has 17 heavy (non-hydrogen) atoms. The zero-order chi connectivity index (χ0) is 12.7. The van der Waals surface area contributed by atoms with E-state index in [2.05, 4.69) is 5.32 Å². The molecule has 0 heterocycles. The molecule has 3 N–H and O–H groups in total. The zero-order valence-corrected chi connectivity index (χ0v) is 10.9. The molecule has 0 saturated carbocycles. The van der Waals surface area contributed by atoms with E-state index in [0.717, 1.165) is 37.9 Å². The van der Waals surface area contributed by atoms with Crippen molar-refractivity contribution >= 4 is 11.6 Å². The van der Waals surface area contributed by atoms with Gasteiger partial charge in [-0.3, -0.25) is 0 Å². The van der Waals surface area contributed by atoms with E-state index in [0.29, 0.717) is 0 Å². The largest absolute Gasteiger partial charge is 0.328 e. The fraction of sp³-hybridized carbons (Fsp3) is 0.538. The quantitative estimate of drug-likeness (QED) is 0.738. The van der Waals surface area contributed by atoms with Gasteiger partial charge in [-0.2, -0.15) is 0 Å². The third kappa shape index (κ3) is 6.01. The average molecular weight is 259 g/mol. The predicted octanol–water partition coefficient (Wildman–Crippen LogP) is 2.74. The van der Waals surface area contributed by atoms with Crippen molar-refractivity contribution in [1.82, 2.24) is 5.32 Å². The molecule has 0 aromatic heterocycles. The lowest BCUT2D eigenvalue weighted by molar-refractivity contribution is 0.575. The first kappa shape index (κ1) is 14.4. The van der Waals surface area contributed by atoms with Gasteiger partial charge in [-0.25, -0.2) is 4.39 Å². The second kappa shape index (κ2) is 7.64. The lowest BCUT2D eigenvalue weighted by atomic mass is 10.1. The summed E-state index contributed by atoms with van der Waals surface area (Å²) < 4.78 is 12.9. The molecule has 96 valence electrons. The Balaban J connectivity index is 2.16. The molecule has 0 bridgehead atoms. The molecule has 1 aromatic carbocycles. The van der Waals surface area contributed by atoms with Gasteiger partial charge in [-0.05, 0) is 57.0 Å². The predicted molar refractivity (Wildman–Crippen MR) is 70.9 cm³/mol. The van der Waals surface area contributed by atoms with Gasteiger partial charge >= 0.3 is 0 Å². The van der Waals surface area contributed by atoms with Gasteiger partial charge < -0.3 is 11.1 Å². The Bertz CT molecular complexity index is 342. The fourth-order valence-electron chi connectivity index (χ4n) is 1.60. The molecule has 0 radical (unpaired) electrons. The first-order chi connectivity index (χ1) is 8.09. The maximum Gasteiger partial charge on any atom is 0.141 e. The third-order valence-corrected chi connectivity index (χ3v) is 2.88. The highest BCUT2D eigenvalue weighted by molar-refractivity contribution is 6.30. The normalized spacial score (nSPS) is 12.7. The van der Waals surface area contributed by atoms with E-state index in [4.69, 9.17) is 17.3 Å². The van der Waals surface area contributed by atoms with Crippen LogP contribution in [-0.2, 0) is 6.42 Å². The van der Waals surface area contributed by atoms with Crippen molar-refractivity contribution in [2.24, 2.45) is 5.73 Å². The van der Waals surface area contributed by atoms with Crippen LogP contribution < -0.4 is 11.1 Å². The first-order valence-corrected chi connectivity index (χ1v) is 6.37. The Kier molecular flexibility index (Phi) is 6.48. The topological polar surface area (TPSA) is 38.0 Å². The number of nitrogens with one attached hydrogen (secondary N) is 1. The number of benzene rings is 1. The second-order valence-corrected chi connectivity index (χ2v) is 4.78. The van der Waals surface area contributed by atoms with Gasteiger partial charge in [-0.1, -0.05) is 17.7 Å². The molecule has 0 aliphatic rings. The molecule has 0 aliphatic heterocycles. The molecule has 0 saturated heterocycles. The molecule has 1 atom stereocenters. The fourth-order valence-corrected chi connectivity index (χ4v) is 1.81. The summed E-state index contributed by atoms with van der Waals surface area (Å²) in [6.45, 7) is 3.86. The van der Waals surface area contributed by atoms with E-state index < -0.39 is 0 Å². The average Bonchev–Trinajstić information content (AvgIpc) is 2.27. The molecule has 0 spiro atoms. The summed E-state index contributed by atoms with van der Waals surface area (Å²) in [7, 11) is 0. The molecule has 0 amide bonds. The molecule has 0 fully saturated rings. The Morgan fingerprint density at radius 3 is 2.82 bits per heavy atom. The molecule has 1 rings (SSSR count). The van der Waals surface area contributed by atoms with Crippen molar-refractivity contribution in [3.8, 4) is 0 Å². The molecule has 1 unspecified atom stereocenters. The smallest absolute Gasteiger partial charge is 0.141 e. The van der Waals surface area contributed by atoms with Crippen molar-refractivity contribution in [2.75, 3.05) is 13.1 Å². The number of halogens is 2. The lowest BCUT2D eigenvalue weighted by Gasteiger charge is -2.07. The van der Waals surface area contributed by atoms with Gasteiger partial charge in [0.2, 0.25) is 0 Å². The highest BCUT2D eigenvalue weighted by atomic mass is 35.5. The van der Waals surface area contributed by atoms with Crippen molar-refractivity contribution in [1.29, 1.82) is 0 Å². The van der Waals surface area contributed by atoms with Crippen LogP contribution in [0.3, 0.4) is 0 Å². The van der Waals surface area contributed by atoms with Crippen LogP contribution in [0.25, 0.3) is 0 Å². The summed E-state index contributed by atoms with van der Waals surface area (Å²) in [4.78, 5) is 0. The van der Waals surface area contributed by atoms with E-state index in [1.165, 1.54) is 6.07 Å². The van der Waals surface area contributed by atoms with Crippen molar-refractivity contribution in [3.05, 3.63) is 34.6 Å². The van der Waals surface area contributed by atoms with Crippen LogP contribution >= 0.6 is 11.6 Å². The molecular formula is C13H20ClFN2. The maximum atomic E-state index is 12.9. The Labute approximate surface area is 107 Å². The van der Waals surface area contributed by atoms with E-state index in [-0.39, 0.29) is 16.9 Å². The second-order valence-electron chi connectivity index (χ2n) is 4.37. The maximum absolute atomic E-state index is 12.9. The number of nitrogens with two attached hydrogens (primary N) is 1. The van der Waals surface area contributed by atoms with E-state index in [9.17, 15) is 4.39 Å². The summed E-state index contributed by atoms with van der Waals surface area (Å²) in [6.07, 6.45) is 2.98. The van der Waals surface area contributed by atoms with Gasteiger partial charge in [0, 0.05) is 6.04 Å². The zero-order valence-electron chi connectivity index (χ0n) is 10.2. The minimum absolute atomic E-state index is 0.194. The van der Waals surface area contributed by atoms with Crippen LogP contribution in [0.15, 0.2) is 18.2 Å². The van der Waals surface area contributed by atoms with E-state index in [1.54, 1.807) is 12.1 Å².